The van der Waals surface area contributed by atoms with E-state index in [9.17, 15) is 22.4 Å². The summed E-state index contributed by atoms with van der Waals surface area (Å²) in [5.74, 6) is -1.11. The van der Waals surface area contributed by atoms with Crippen molar-refractivity contribution < 1.29 is 22.4 Å². The lowest BCUT2D eigenvalue weighted by atomic mass is 10.1. The highest BCUT2D eigenvalue weighted by molar-refractivity contribution is 7.91. The number of carbonyl (C=O) groups excluding carboxylic acids is 2. The van der Waals surface area contributed by atoms with E-state index in [4.69, 9.17) is 11.6 Å². The van der Waals surface area contributed by atoms with Gasteiger partial charge in [0.2, 0.25) is 5.91 Å². The summed E-state index contributed by atoms with van der Waals surface area (Å²) in [6.07, 6.45) is 2.20. The van der Waals surface area contributed by atoms with Crippen molar-refractivity contribution >= 4 is 33.3 Å². The highest BCUT2D eigenvalue weighted by Crippen LogP contribution is 2.20. The highest BCUT2D eigenvalue weighted by atomic mass is 35.5. The molecule has 1 saturated heterocycles. The summed E-state index contributed by atoms with van der Waals surface area (Å²) >= 11 is 5.85. The molecular weight excluding hydrogens is 395 g/mol. The summed E-state index contributed by atoms with van der Waals surface area (Å²) in [4.78, 5) is 26.3. The molecule has 1 heterocycles. The minimum Gasteiger partial charge on any atom is -0.351 e. The van der Waals surface area contributed by atoms with Crippen molar-refractivity contribution in [2.24, 2.45) is 0 Å². The molecule has 1 aliphatic heterocycles. The minimum atomic E-state index is -3.09. The van der Waals surface area contributed by atoms with Crippen molar-refractivity contribution in [2.45, 2.75) is 38.6 Å². The van der Waals surface area contributed by atoms with Crippen molar-refractivity contribution in [1.82, 2.24) is 10.2 Å². The topological polar surface area (TPSA) is 83.6 Å². The van der Waals surface area contributed by atoms with Crippen molar-refractivity contribution in [2.75, 3.05) is 24.6 Å². The normalized spacial score (nSPS) is 18.3. The number of carbonyl (C=O) groups is 2. The number of nitrogens with zero attached hydrogens (tertiary/aromatic N) is 1. The van der Waals surface area contributed by atoms with Crippen LogP contribution in [0.15, 0.2) is 18.2 Å². The van der Waals surface area contributed by atoms with Crippen molar-refractivity contribution in [3.8, 4) is 0 Å². The van der Waals surface area contributed by atoms with E-state index >= 15 is 0 Å². The molecule has 1 N–H and O–H groups in total. The van der Waals surface area contributed by atoms with Crippen LogP contribution in [0.1, 0.15) is 43.0 Å². The Labute approximate surface area is 164 Å². The fourth-order valence-corrected chi connectivity index (χ4v) is 5.04. The van der Waals surface area contributed by atoms with Crippen LogP contribution in [-0.2, 0) is 14.6 Å². The second kappa shape index (κ2) is 9.50. The Morgan fingerprint density at radius 1 is 1.37 bits per heavy atom. The lowest BCUT2D eigenvalue weighted by Crippen LogP contribution is -2.43. The summed E-state index contributed by atoms with van der Waals surface area (Å²) in [7, 11) is -3.09. The Morgan fingerprint density at radius 2 is 2.11 bits per heavy atom. The van der Waals surface area contributed by atoms with Gasteiger partial charge in [-0.3, -0.25) is 9.59 Å². The fraction of sp³-hybridized carbons (Fsp3) is 0.556. The molecule has 1 unspecified atom stereocenters. The number of hydrogen-bond acceptors (Lipinski definition) is 4. The van der Waals surface area contributed by atoms with Crippen LogP contribution in [0.3, 0.4) is 0 Å². The van der Waals surface area contributed by atoms with E-state index < -0.39 is 21.6 Å². The number of nitrogens with one attached hydrogen (secondary N) is 1. The number of amides is 2. The van der Waals surface area contributed by atoms with Crippen molar-refractivity contribution in [3.63, 3.8) is 0 Å². The molecule has 2 rings (SSSR count). The first-order valence-corrected chi connectivity index (χ1v) is 11.2. The molecule has 9 heteroatoms. The summed E-state index contributed by atoms with van der Waals surface area (Å²) in [6.45, 7) is 2.60. The zero-order valence-electron chi connectivity index (χ0n) is 15.2. The Bertz CT molecular complexity index is 801. The van der Waals surface area contributed by atoms with Crippen LogP contribution >= 0.6 is 11.6 Å². The maximum absolute atomic E-state index is 13.1. The number of benzene rings is 1. The quantitative estimate of drug-likeness (QED) is 0.702. The van der Waals surface area contributed by atoms with Crippen LogP contribution < -0.4 is 5.32 Å². The van der Waals surface area contributed by atoms with E-state index in [0.29, 0.717) is 13.0 Å². The van der Waals surface area contributed by atoms with Gasteiger partial charge in [-0.05, 0) is 31.0 Å². The molecule has 0 saturated carbocycles. The van der Waals surface area contributed by atoms with E-state index in [1.54, 1.807) is 4.90 Å². The molecule has 1 fully saturated rings. The van der Waals surface area contributed by atoms with Crippen LogP contribution in [0.4, 0.5) is 4.39 Å². The first-order valence-electron chi connectivity index (χ1n) is 8.96. The number of unbranched alkanes of at least 4 members (excludes halogenated alkanes) is 1. The highest BCUT2D eigenvalue weighted by Gasteiger charge is 2.34. The maximum Gasteiger partial charge on any atom is 0.252 e. The van der Waals surface area contributed by atoms with Crippen LogP contribution in [0.25, 0.3) is 0 Å². The molecular formula is C18H24ClFN2O4S. The van der Waals surface area contributed by atoms with Gasteiger partial charge in [-0.25, -0.2) is 12.8 Å². The molecule has 1 aromatic carbocycles. The van der Waals surface area contributed by atoms with Gasteiger partial charge < -0.3 is 10.2 Å². The molecule has 0 bridgehead atoms. The van der Waals surface area contributed by atoms with Crippen LogP contribution in [-0.4, -0.2) is 55.8 Å². The van der Waals surface area contributed by atoms with Gasteiger partial charge in [0.1, 0.15) is 5.82 Å². The molecule has 150 valence electrons. The summed E-state index contributed by atoms with van der Waals surface area (Å²) in [6, 6.07) is 3.18. The number of sulfone groups is 1. The molecule has 0 aliphatic carbocycles. The van der Waals surface area contributed by atoms with Gasteiger partial charge in [-0.15, -0.1) is 0 Å². The van der Waals surface area contributed by atoms with E-state index in [1.807, 2.05) is 6.92 Å². The predicted octanol–water partition coefficient (Wildman–Crippen LogP) is 2.41. The lowest BCUT2D eigenvalue weighted by molar-refractivity contribution is -0.133. The molecule has 6 nitrogen and oxygen atoms in total. The van der Waals surface area contributed by atoms with Gasteiger partial charge in [0.15, 0.2) is 9.84 Å². The van der Waals surface area contributed by atoms with E-state index in [2.05, 4.69) is 5.32 Å². The average molecular weight is 419 g/mol. The Balaban J connectivity index is 1.92. The summed E-state index contributed by atoms with van der Waals surface area (Å²) in [5, 5.41) is 2.60. The Morgan fingerprint density at radius 3 is 2.70 bits per heavy atom. The SMILES string of the molecule is CCCCN(C(=O)CCNC(=O)c1ccc(F)cc1Cl)C1CCS(=O)(=O)C1. The number of hydrogen-bond donors (Lipinski definition) is 1. The molecule has 1 aromatic rings. The zero-order chi connectivity index (χ0) is 20.0. The summed E-state index contributed by atoms with van der Waals surface area (Å²) in [5.41, 5.74) is 0.134. The average Bonchev–Trinajstić information content (AvgIpc) is 2.94. The minimum absolute atomic E-state index is 0.000000790. The fourth-order valence-electron chi connectivity index (χ4n) is 3.06. The smallest absolute Gasteiger partial charge is 0.252 e. The van der Waals surface area contributed by atoms with Crippen molar-refractivity contribution in [1.29, 1.82) is 0 Å². The third-order valence-corrected chi connectivity index (χ3v) is 6.59. The molecule has 0 radical (unpaired) electrons. The number of halogens is 2. The molecule has 2 amide bonds. The zero-order valence-corrected chi connectivity index (χ0v) is 16.8. The third-order valence-electron chi connectivity index (χ3n) is 4.52. The van der Waals surface area contributed by atoms with Gasteiger partial charge in [-0.1, -0.05) is 24.9 Å². The largest absolute Gasteiger partial charge is 0.351 e. The Hall–Kier alpha value is -1.67. The van der Waals surface area contributed by atoms with Gasteiger partial charge >= 0.3 is 0 Å². The van der Waals surface area contributed by atoms with Crippen LogP contribution in [0.2, 0.25) is 5.02 Å². The first kappa shape index (κ1) is 21.6. The molecule has 1 atom stereocenters. The molecule has 0 spiro atoms. The molecule has 27 heavy (non-hydrogen) atoms. The van der Waals surface area contributed by atoms with Gasteiger partial charge in [-0.2, -0.15) is 0 Å². The monoisotopic (exact) mass is 418 g/mol. The second-order valence-electron chi connectivity index (χ2n) is 6.63. The molecule has 1 aliphatic rings. The maximum atomic E-state index is 13.1. The van der Waals surface area contributed by atoms with Gasteiger partial charge in [0.25, 0.3) is 5.91 Å². The standard InChI is InChI=1S/C18H24ClFN2O4S/c1-2-3-9-22(14-7-10-27(25,26)12-14)17(23)6-8-21-18(24)15-5-4-13(20)11-16(15)19/h4-5,11,14H,2-3,6-10,12H2,1H3,(H,21,24). The van der Waals surface area contributed by atoms with E-state index in [1.165, 1.54) is 6.07 Å². The van der Waals surface area contributed by atoms with Gasteiger partial charge in [0, 0.05) is 25.6 Å². The van der Waals surface area contributed by atoms with E-state index in [0.717, 1.165) is 25.0 Å². The van der Waals surface area contributed by atoms with Gasteiger partial charge in [0.05, 0.1) is 22.1 Å². The number of rotatable bonds is 8. The first-order chi connectivity index (χ1) is 12.7. The van der Waals surface area contributed by atoms with Crippen LogP contribution in [0, 0.1) is 5.82 Å². The third kappa shape index (κ3) is 6.17. The lowest BCUT2D eigenvalue weighted by Gasteiger charge is -2.28. The second-order valence-corrected chi connectivity index (χ2v) is 9.26. The molecule has 0 aromatic heterocycles. The summed E-state index contributed by atoms with van der Waals surface area (Å²) < 4.78 is 36.5. The van der Waals surface area contributed by atoms with Crippen LogP contribution in [0.5, 0.6) is 0 Å². The predicted molar refractivity (Wildman–Crippen MR) is 102 cm³/mol. The van der Waals surface area contributed by atoms with E-state index in [-0.39, 0.29) is 47.0 Å². The van der Waals surface area contributed by atoms with Crippen molar-refractivity contribution in [3.05, 3.63) is 34.6 Å². The Kier molecular flexibility index (Phi) is 7.61.